The number of nitrogens with one attached hydrogen (secondary N) is 1. The number of carbonyl (C=O) groups is 2. The van der Waals surface area contributed by atoms with Gasteiger partial charge in [0.2, 0.25) is 5.91 Å². The lowest BCUT2D eigenvalue weighted by Crippen LogP contribution is -2.48. The highest BCUT2D eigenvalue weighted by molar-refractivity contribution is 7.14. The topological polar surface area (TPSA) is 65.5 Å². The van der Waals surface area contributed by atoms with Gasteiger partial charge in [0.25, 0.3) is 5.91 Å². The molecule has 2 amide bonds. The number of hydrogen-bond donors (Lipinski definition) is 1. The van der Waals surface area contributed by atoms with Gasteiger partial charge < -0.3 is 4.90 Å². The van der Waals surface area contributed by atoms with Crippen molar-refractivity contribution in [2.75, 3.05) is 31.5 Å². The molecule has 31 heavy (non-hydrogen) atoms. The van der Waals surface area contributed by atoms with Gasteiger partial charge >= 0.3 is 0 Å². The molecule has 1 N–H and O–H groups in total. The van der Waals surface area contributed by atoms with Gasteiger partial charge in [0.15, 0.2) is 5.13 Å². The maximum Gasteiger partial charge on any atom is 0.257 e. The van der Waals surface area contributed by atoms with Crippen molar-refractivity contribution in [1.82, 2.24) is 14.8 Å². The van der Waals surface area contributed by atoms with Crippen LogP contribution in [0.5, 0.6) is 0 Å². The Morgan fingerprint density at radius 2 is 1.81 bits per heavy atom. The highest BCUT2D eigenvalue weighted by Crippen LogP contribution is 2.18. The number of benzene rings is 2. The van der Waals surface area contributed by atoms with Crippen LogP contribution in [0.4, 0.5) is 5.13 Å². The number of anilines is 1. The van der Waals surface area contributed by atoms with Crippen molar-refractivity contribution in [1.29, 1.82) is 0 Å². The Kier molecular flexibility index (Phi) is 6.74. The molecule has 0 saturated carbocycles. The predicted molar refractivity (Wildman–Crippen MR) is 123 cm³/mol. The molecule has 0 unspecified atom stereocenters. The zero-order chi connectivity index (χ0) is 21.6. The van der Waals surface area contributed by atoms with Crippen molar-refractivity contribution in [3.8, 4) is 0 Å². The maximum atomic E-state index is 12.7. The molecule has 6 nitrogen and oxygen atoms in total. The molecule has 2 heterocycles. The second-order valence-corrected chi connectivity index (χ2v) is 8.65. The number of amides is 2. The van der Waals surface area contributed by atoms with Gasteiger partial charge in [-0.05, 0) is 24.6 Å². The monoisotopic (exact) mass is 434 g/mol. The first kappa shape index (κ1) is 21.2. The highest BCUT2D eigenvalue weighted by Gasteiger charge is 2.22. The van der Waals surface area contributed by atoms with Crippen molar-refractivity contribution in [3.05, 3.63) is 82.4 Å². The van der Waals surface area contributed by atoms with E-state index in [4.69, 9.17) is 0 Å². The molecule has 4 rings (SSSR count). The molecule has 1 aromatic heterocycles. The fraction of sp³-hybridized carbons (Fsp3) is 0.292. The summed E-state index contributed by atoms with van der Waals surface area (Å²) in [6.07, 6.45) is 0.260. The number of aryl methyl sites for hydroxylation is 1. The zero-order valence-corrected chi connectivity index (χ0v) is 18.4. The molecule has 3 aromatic rings. The van der Waals surface area contributed by atoms with E-state index in [0.29, 0.717) is 16.4 Å². The summed E-state index contributed by atoms with van der Waals surface area (Å²) in [5, 5.41) is 5.15. The standard InChI is InChI=1S/C24H26N4O2S/c1-18-6-5-7-19(14-18)16-27-10-12-28(13-11-27)22(29)15-21-17-31-24(25-21)26-23(30)20-8-3-2-4-9-20/h2-9,14,17H,10-13,15-16H2,1H3,(H,25,26,30). The van der Waals surface area contributed by atoms with Gasteiger partial charge in [-0.25, -0.2) is 4.98 Å². The molecular weight excluding hydrogens is 408 g/mol. The van der Waals surface area contributed by atoms with E-state index in [9.17, 15) is 9.59 Å². The number of thiazole rings is 1. The lowest BCUT2D eigenvalue weighted by Gasteiger charge is -2.34. The number of rotatable bonds is 6. The van der Waals surface area contributed by atoms with E-state index < -0.39 is 0 Å². The Hall–Kier alpha value is -3.03. The fourth-order valence-corrected chi connectivity index (χ4v) is 4.40. The summed E-state index contributed by atoms with van der Waals surface area (Å²) in [6, 6.07) is 17.6. The van der Waals surface area contributed by atoms with Crippen molar-refractivity contribution in [3.63, 3.8) is 0 Å². The molecule has 1 aliphatic heterocycles. The highest BCUT2D eigenvalue weighted by atomic mass is 32.1. The lowest BCUT2D eigenvalue weighted by molar-refractivity contribution is -0.132. The number of aromatic nitrogens is 1. The molecular formula is C24H26N4O2S. The molecule has 0 atom stereocenters. The first-order chi connectivity index (χ1) is 15.1. The van der Waals surface area contributed by atoms with Gasteiger partial charge in [-0.15, -0.1) is 11.3 Å². The summed E-state index contributed by atoms with van der Waals surface area (Å²) < 4.78 is 0. The van der Waals surface area contributed by atoms with Crippen LogP contribution in [-0.2, 0) is 17.8 Å². The Morgan fingerprint density at radius 1 is 1.03 bits per heavy atom. The molecule has 160 valence electrons. The van der Waals surface area contributed by atoms with E-state index in [2.05, 4.69) is 46.4 Å². The molecule has 0 spiro atoms. The van der Waals surface area contributed by atoms with Crippen LogP contribution in [0.1, 0.15) is 27.2 Å². The first-order valence-corrected chi connectivity index (χ1v) is 11.3. The normalized spacial score (nSPS) is 14.4. The van der Waals surface area contributed by atoms with Crippen LogP contribution in [0.25, 0.3) is 0 Å². The molecule has 1 saturated heterocycles. The van der Waals surface area contributed by atoms with Gasteiger partial charge in [-0.1, -0.05) is 48.0 Å². The number of carbonyl (C=O) groups excluding carboxylic acids is 2. The minimum Gasteiger partial charge on any atom is -0.340 e. The molecule has 7 heteroatoms. The van der Waals surface area contributed by atoms with Crippen molar-refractivity contribution in [2.24, 2.45) is 0 Å². The zero-order valence-electron chi connectivity index (χ0n) is 17.6. The number of piperazine rings is 1. The van der Waals surface area contributed by atoms with Crippen LogP contribution in [0.15, 0.2) is 60.0 Å². The Balaban J connectivity index is 1.25. The largest absolute Gasteiger partial charge is 0.340 e. The maximum absolute atomic E-state index is 12.7. The third-order valence-corrected chi connectivity index (χ3v) is 6.16. The first-order valence-electron chi connectivity index (χ1n) is 10.4. The summed E-state index contributed by atoms with van der Waals surface area (Å²) in [5.41, 5.74) is 3.86. The van der Waals surface area contributed by atoms with Crippen molar-refractivity contribution < 1.29 is 9.59 Å². The SMILES string of the molecule is Cc1cccc(CN2CCN(C(=O)Cc3csc(NC(=O)c4ccccc4)n3)CC2)c1. The van der Waals surface area contributed by atoms with Crippen LogP contribution in [0, 0.1) is 6.92 Å². The molecule has 0 radical (unpaired) electrons. The Morgan fingerprint density at radius 3 is 2.55 bits per heavy atom. The van der Waals surface area contributed by atoms with Gasteiger partial charge in [-0.3, -0.25) is 19.8 Å². The smallest absolute Gasteiger partial charge is 0.257 e. The summed E-state index contributed by atoms with van der Waals surface area (Å²) >= 11 is 1.34. The minimum absolute atomic E-state index is 0.0847. The number of hydrogen-bond acceptors (Lipinski definition) is 5. The van der Waals surface area contributed by atoms with E-state index in [0.717, 1.165) is 32.7 Å². The van der Waals surface area contributed by atoms with Crippen LogP contribution < -0.4 is 5.32 Å². The second kappa shape index (κ2) is 9.85. The van der Waals surface area contributed by atoms with E-state index in [1.165, 1.54) is 22.5 Å². The quantitative estimate of drug-likeness (QED) is 0.644. The van der Waals surface area contributed by atoms with Gasteiger partial charge in [0.05, 0.1) is 12.1 Å². The summed E-state index contributed by atoms with van der Waals surface area (Å²) in [5.74, 6) is -0.112. The summed E-state index contributed by atoms with van der Waals surface area (Å²) in [7, 11) is 0. The van der Waals surface area contributed by atoms with Crippen LogP contribution in [0.2, 0.25) is 0 Å². The van der Waals surface area contributed by atoms with Crippen LogP contribution in [-0.4, -0.2) is 52.8 Å². The van der Waals surface area contributed by atoms with Crippen molar-refractivity contribution in [2.45, 2.75) is 19.9 Å². The third-order valence-electron chi connectivity index (χ3n) is 5.35. The molecule has 2 aromatic carbocycles. The lowest BCUT2D eigenvalue weighted by atomic mass is 10.1. The van der Waals surface area contributed by atoms with E-state index in [1.54, 1.807) is 12.1 Å². The van der Waals surface area contributed by atoms with Crippen LogP contribution >= 0.6 is 11.3 Å². The van der Waals surface area contributed by atoms with E-state index in [1.807, 2.05) is 28.5 Å². The minimum atomic E-state index is -0.197. The molecule has 1 fully saturated rings. The second-order valence-electron chi connectivity index (χ2n) is 7.79. The fourth-order valence-electron chi connectivity index (χ4n) is 3.70. The molecule has 0 bridgehead atoms. The van der Waals surface area contributed by atoms with Crippen molar-refractivity contribution >= 4 is 28.3 Å². The third kappa shape index (κ3) is 5.77. The summed E-state index contributed by atoms with van der Waals surface area (Å²) in [4.78, 5) is 33.7. The van der Waals surface area contributed by atoms with Gasteiger partial charge in [-0.2, -0.15) is 0 Å². The summed E-state index contributed by atoms with van der Waals surface area (Å²) in [6.45, 7) is 6.22. The average Bonchev–Trinajstić information content (AvgIpc) is 3.21. The predicted octanol–water partition coefficient (Wildman–Crippen LogP) is 3.59. The van der Waals surface area contributed by atoms with Crippen LogP contribution in [0.3, 0.4) is 0 Å². The van der Waals surface area contributed by atoms with E-state index >= 15 is 0 Å². The Labute approximate surface area is 186 Å². The van der Waals surface area contributed by atoms with Gasteiger partial charge in [0, 0.05) is 43.7 Å². The average molecular weight is 435 g/mol. The Bertz CT molecular complexity index is 1040. The number of nitrogens with zero attached hydrogens (tertiary/aromatic N) is 3. The van der Waals surface area contributed by atoms with Gasteiger partial charge in [0.1, 0.15) is 0 Å². The molecule has 0 aliphatic carbocycles. The van der Waals surface area contributed by atoms with E-state index in [-0.39, 0.29) is 18.2 Å². The molecule has 1 aliphatic rings.